The van der Waals surface area contributed by atoms with Crippen LogP contribution in [0.1, 0.15) is 46.0 Å². The van der Waals surface area contributed by atoms with E-state index in [4.69, 9.17) is 10.5 Å². The predicted molar refractivity (Wildman–Crippen MR) is 88.6 cm³/mol. The van der Waals surface area contributed by atoms with Crippen LogP contribution in [0.2, 0.25) is 0 Å². The van der Waals surface area contributed by atoms with Gasteiger partial charge in [-0.1, -0.05) is 26.7 Å². The molecule has 3 atom stereocenters. The van der Waals surface area contributed by atoms with Crippen LogP contribution in [-0.2, 0) is 9.53 Å². The van der Waals surface area contributed by atoms with Crippen LogP contribution in [0.25, 0.3) is 0 Å². The molecule has 0 radical (unpaired) electrons. The molecule has 0 bridgehead atoms. The third kappa shape index (κ3) is 5.21. The molecule has 1 saturated carbocycles. The minimum atomic E-state index is 0.0987. The number of hydrogen-bond donors (Lipinski definition) is 2. The Kier molecular flexibility index (Phi) is 6.66. The van der Waals surface area contributed by atoms with E-state index in [1.54, 1.807) is 0 Å². The molecule has 128 valence electrons. The summed E-state index contributed by atoms with van der Waals surface area (Å²) in [6.45, 7) is 8.78. The number of carbonyl (C=O) groups excluding carboxylic acids is 1. The molecule has 3 N–H and O–H groups in total. The molecular formula is C17H33N3O2. The van der Waals surface area contributed by atoms with Crippen LogP contribution in [-0.4, -0.2) is 56.2 Å². The smallest absolute Gasteiger partial charge is 0.234 e. The van der Waals surface area contributed by atoms with Gasteiger partial charge in [0.15, 0.2) is 0 Å². The molecule has 1 saturated heterocycles. The van der Waals surface area contributed by atoms with Crippen molar-refractivity contribution in [2.45, 2.75) is 52.1 Å². The van der Waals surface area contributed by atoms with Crippen molar-refractivity contribution in [3.8, 4) is 0 Å². The zero-order chi connectivity index (χ0) is 16.0. The molecule has 1 aliphatic heterocycles. The van der Waals surface area contributed by atoms with Crippen molar-refractivity contribution in [2.24, 2.45) is 17.1 Å². The van der Waals surface area contributed by atoms with Crippen LogP contribution < -0.4 is 11.1 Å². The highest BCUT2D eigenvalue weighted by Crippen LogP contribution is 2.28. The van der Waals surface area contributed by atoms with E-state index >= 15 is 0 Å². The maximum atomic E-state index is 12.0. The molecule has 2 fully saturated rings. The number of likely N-dealkylation sites (tertiary alicyclic amines) is 1. The highest BCUT2D eigenvalue weighted by Gasteiger charge is 2.33. The maximum Gasteiger partial charge on any atom is 0.234 e. The van der Waals surface area contributed by atoms with Crippen LogP contribution in [0.3, 0.4) is 0 Å². The highest BCUT2D eigenvalue weighted by atomic mass is 16.5. The fraction of sp³-hybridized carbons (Fsp3) is 0.941. The first-order chi connectivity index (χ1) is 10.5. The van der Waals surface area contributed by atoms with Gasteiger partial charge in [0.25, 0.3) is 0 Å². The number of carbonyl (C=O) groups is 1. The molecular weight excluding hydrogens is 278 g/mol. The summed E-state index contributed by atoms with van der Waals surface area (Å²) in [6.07, 6.45) is 6.51. The second-order valence-corrected chi connectivity index (χ2v) is 7.50. The normalized spacial score (nSPS) is 33.0. The Morgan fingerprint density at radius 3 is 2.86 bits per heavy atom. The molecule has 2 rings (SSSR count). The molecule has 3 unspecified atom stereocenters. The fourth-order valence-corrected chi connectivity index (χ4v) is 3.62. The van der Waals surface area contributed by atoms with Gasteiger partial charge in [0.1, 0.15) is 0 Å². The van der Waals surface area contributed by atoms with E-state index in [2.05, 4.69) is 24.1 Å². The molecule has 0 spiro atoms. The number of amides is 1. The lowest BCUT2D eigenvalue weighted by Crippen LogP contribution is -2.39. The Morgan fingerprint density at radius 1 is 1.41 bits per heavy atom. The van der Waals surface area contributed by atoms with Gasteiger partial charge in [0.2, 0.25) is 5.91 Å². The van der Waals surface area contributed by atoms with Crippen LogP contribution in [0, 0.1) is 11.3 Å². The monoisotopic (exact) mass is 311 g/mol. The van der Waals surface area contributed by atoms with Gasteiger partial charge in [-0.15, -0.1) is 0 Å². The number of nitrogens with zero attached hydrogens (tertiary/aromatic N) is 1. The molecule has 2 aliphatic rings. The first-order valence-corrected chi connectivity index (χ1v) is 8.83. The maximum absolute atomic E-state index is 12.0. The Bertz CT molecular complexity index is 364. The average molecular weight is 311 g/mol. The van der Waals surface area contributed by atoms with Crippen molar-refractivity contribution < 1.29 is 9.53 Å². The van der Waals surface area contributed by atoms with Gasteiger partial charge in [-0.25, -0.2) is 0 Å². The Balaban J connectivity index is 1.56. The minimum absolute atomic E-state index is 0.0987. The van der Waals surface area contributed by atoms with Crippen molar-refractivity contribution in [1.82, 2.24) is 10.2 Å². The fourth-order valence-electron chi connectivity index (χ4n) is 3.62. The van der Waals surface area contributed by atoms with Gasteiger partial charge in [0, 0.05) is 13.1 Å². The molecule has 5 nitrogen and oxygen atoms in total. The number of nitrogens with two attached hydrogens (primary N) is 1. The summed E-state index contributed by atoms with van der Waals surface area (Å²) >= 11 is 0. The third-order valence-corrected chi connectivity index (χ3v) is 5.29. The van der Waals surface area contributed by atoms with Crippen molar-refractivity contribution in [3.63, 3.8) is 0 Å². The lowest BCUT2D eigenvalue weighted by atomic mass is 9.88. The zero-order valence-corrected chi connectivity index (χ0v) is 14.3. The molecule has 1 aliphatic carbocycles. The lowest BCUT2D eigenvalue weighted by molar-refractivity contribution is -0.122. The summed E-state index contributed by atoms with van der Waals surface area (Å²) < 4.78 is 5.92. The van der Waals surface area contributed by atoms with Crippen molar-refractivity contribution in [1.29, 1.82) is 0 Å². The van der Waals surface area contributed by atoms with Crippen LogP contribution >= 0.6 is 0 Å². The Hall–Kier alpha value is -0.650. The number of rotatable bonds is 7. The van der Waals surface area contributed by atoms with E-state index in [1.807, 2.05) is 0 Å². The van der Waals surface area contributed by atoms with E-state index < -0.39 is 0 Å². The van der Waals surface area contributed by atoms with E-state index in [1.165, 1.54) is 25.7 Å². The summed E-state index contributed by atoms with van der Waals surface area (Å²) in [4.78, 5) is 14.2. The van der Waals surface area contributed by atoms with Crippen LogP contribution in [0.15, 0.2) is 0 Å². The number of ether oxygens (including phenoxy) is 1. The van der Waals surface area contributed by atoms with Gasteiger partial charge in [-0.3, -0.25) is 9.69 Å². The van der Waals surface area contributed by atoms with Gasteiger partial charge < -0.3 is 15.8 Å². The van der Waals surface area contributed by atoms with E-state index in [9.17, 15) is 4.79 Å². The van der Waals surface area contributed by atoms with Crippen LogP contribution in [0.5, 0.6) is 0 Å². The zero-order valence-electron chi connectivity index (χ0n) is 14.3. The number of nitrogens with one attached hydrogen (secondary N) is 1. The first kappa shape index (κ1) is 17.7. The van der Waals surface area contributed by atoms with Gasteiger partial charge >= 0.3 is 0 Å². The first-order valence-electron chi connectivity index (χ1n) is 8.83. The molecule has 22 heavy (non-hydrogen) atoms. The summed E-state index contributed by atoms with van der Waals surface area (Å²) in [5, 5.41) is 2.97. The lowest BCUT2D eigenvalue weighted by Gasteiger charge is -2.28. The summed E-state index contributed by atoms with van der Waals surface area (Å²) in [5.74, 6) is 0.754. The van der Waals surface area contributed by atoms with E-state index in [0.29, 0.717) is 38.3 Å². The molecule has 1 amide bonds. The standard InChI is InChI=1S/C17H33N3O2/c1-14-5-3-4-6-15(14)22-10-8-19-16(21)11-20-9-7-17(2,12-18)13-20/h14-15H,3-13,18H2,1-2H3,(H,19,21). The third-order valence-electron chi connectivity index (χ3n) is 5.29. The Morgan fingerprint density at radius 2 is 2.18 bits per heavy atom. The van der Waals surface area contributed by atoms with Crippen molar-refractivity contribution in [3.05, 3.63) is 0 Å². The second-order valence-electron chi connectivity index (χ2n) is 7.50. The van der Waals surface area contributed by atoms with E-state index in [0.717, 1.165) is 19.5 Å². The topological polar surface area (TPSA) is 67.6 Å². The van der Waals surface area contributed by atoms with Gasteiger partial charge in [-0.2, -0.15) is 0 Å². The second kappa shape index (κ2) is 8.27. The van der Waals surface area contributed by atoms with Gasteiger partial charge in [-0.05, 0) is 43.7 Å². The molecule has 1 heterocycles. The van der Waals surface area contributed by atoms with Crippen LogP contribution in [0.4, 0.5) is 0 Å². The summed E-state index contributed by atoms with van der Waals surface area (Å²) in [6, 6.07) is 0. The Labute approximate surface area is 134 Å². The van der Waals surface area contributed by atoms with E-state index in [-0.39, 0.29) is 11.3 Å². The van der Waals surface area contributed by atoms with Crippen molar-refractivity contribution >= 4 is 5.91 Å². The summed E-state index contributed by atoms with van der Waals surface area (Å²) in [7, 11) is 0. The SMILES string of the molecule is CC1CCCCC1OCCNC(=O)CN1CCC(C)(CN)C1. The predicted octanol–water partition coefficient (Wildman–Crippen LogP) is 1.37. The molecule has 5 heteroatoms. The highest BCUT2D eigenvalue weighted by molar-refractivity contribution is 5.78. The van der Waals surface area contributed by atoms with Crippen molar-refractivity contribution in [2.75, 3.05) is 39.3 Å². The largest absolute Gasteiger partial charge is 0.376 e. The van der Waals surface area contributed by atoms with Gasteiger partial charge in [0.05, 0.1) is 19.3 Å². The number of hydrogen-bond acceptors (Lipinski definition) is 4. The minimum Gasteiger partial charge on any atom is -0.376 e. The average Bonchev–Trinajstić information content (AvgIpc) is 2.87. The summed E-state index contributed by atoms with van der Waals surface area (Å²) in [5.41, 5.74) is 5.98. The molecule has 0 aromatic rings. The molecule has 0 aromatic carbocycles. The quantitative estimate of drug-likeness (QED) is 0.697. The molecule has 0 aromatic heterocycles.